The average molecular weight is 400 g/mol. The van der Waals surface area contributed by atoms with Gasteiger partial charge in [-0.05, 0) is 62.4 Å². The van der Waals surface area contributed by atoms with Crippen LogP contribution in [0, 0.1) is 0 Å². The van der Waals surface area contributed by atoms with Crippen molar-refractivity contribution in [3.8, 4) is 5.75 Å². The van der Waals surface area contributed by atoms with Gasteiger partial charge < -0.3 is 10.1 Å². The van der Waals surface area contributed by atoms with Gasteiger partial charge in [-0.15, -0.1) is 11.3 Å². The molecular weight excluding hydrogens is 378 g/mol. The fourth-order valence-electron chi connectivity index (χ4n) is 3.30. The lowest BCUT2D eigenvalue weighted by molar-refractivity contribution is -0.113. The van der Waals surface area contributed by atoms with E-state index < -0.39 is 0 Å². The Labute approximate surface area is 166 Å². The highest BCUT2D eigenvalue weighted by molar-refractivity contribution is 8.00. The normalized spacial score (nSPS) is 13.4. The number of thioether (sulfide) groups is 1. The van der Waals surface area contributed by atoms with Crippen molar-refractivity contribution in [1.82, 2.24) is 9.97 Å². The molecule has 1 amide bonds. The van der Waals surface area contributed by atoms with E-state index >= 15 is 0 Å². The Balaban J connectivity index is 1.44. The van der Waals surface area contributed by atoms with Crippen LogP contribution < -0.4 is 10.1 Å². The topological polar surface area (TPSA) is 64.1 Å². The van der Waals surface area contributed by atoms with Gasteiger partial charge >= 0.3 is 0 Å². The van der Waals surface area contributed by atoms with E-state index in [-0.39, 0.29) is 5.91 Å². The molecule has 4 rings (SSSR count). The number of anilines is 1. The highest BCUT2D eigenvalue weighted by Gasteiger charge is 2.20. The number of nitrogens with zero attached hydrogens (tertiary/aromatic N) is 2. The van der Waals surface area contributed by atoms with Crippen molar-refractivity contribution >= 4 is 44.9 Å². The fraction of sp³-hybridized carbons (Fsp3) is 0.350. The Morgan fingerprint density at radius 3 is 2.85 bits per heavy atom. The molecule has 27 heavy (non-hydrogen) atoms. The molecule has 1 aromatic carbocycles. The Morgan fingerprint density at radius 2 is 2.04 bits per heavy atom. The van der Waals surface area contributed by atoms with E-state index in [9.17, 15) is 4.79 Å². The number of hydrogen-bond acceptors (Lipinski definition) is 6. The number of amides is 1. The molecule has 5 nitrogen and oxygen atoms in total. The van der Waals surface area contributed by atoms with E-state index in [0.29, 0.717) is 12.4 Å². The lowest BCUT2D eigenvalue weighted by Gasteiger charge is -2.11. The molecule has 0 unspecified atom stereocenters. The van der Waals surface area contributed by atoms with E-state index in [2.05, 4.69) is 15.3 Å². The Bertz CT molecular complexity index is 954. The van der Waals surface area contributed by atoms with Gasteiger partial charge in [0.2, 0.25) is 5.91 Å². The summed E-state index contributed by atoms with van der Waals surface area (Å²) in [4.78, 5) is 23.8. The zero-order valence-electron chi connectivity index (χ0n) is 15.2. The summed E-state index contributed by atoms with van der Waals surface area (Å²) in [5.74, 6) is 1.08. The number of fused-ring (bicyclic) bond motifs is 3. The molecule has 2 aromatic heterocycles. The summed E-state index contributed by atoms with van der Waals surface area (Å²) >= 11 is 3.26. The van der Waals surface area contributed by atoms with Crippen molar-refractivity contribution in [2.75, 3.05) is 17.7 Å². The maximum absolute atomic E-state index is 12.4. The van der Waals surface area contributed by atoms with Crippen LogP contribution in [0.2, 0.25) is 0 Å². The lowest BCUT2D eigenvalue weighted by Crippen LogP contribution is -2.14. The third-order valence-electron chi connectivity index (χ3n) is 4.51. The summed E-state index contributed by atoms with van der Waals surface area (Å²) in [6.07, 6.45) is 6.31. The number of carbonyl (C=O) groups is 1. The minimum absolute atomic E-state index is 0.0416. The van der Waals surface area contributed by atoms with Gasteiger partial charge in [0.05, 0.1) is 12.4 Å². The summed E-state index contributed by atoms with van der Waals surface area (Å²) in [6, 6.07) is 7.42. The highest BCUT2D eigenvalue weighted by Crippen LogP contribution is 2.39. The smallest absolute Gasteiger partial charge is 0.234 e. The first-order chi connectivity index (χ1) is 13.2. The molecule has 0 fully saturated rings. The maximum atomic E-state index is 12.4. The number of hydrogen-bond donors (Lipinski definition) is 1. The molecule has 0 spiro atoms. The molecule has 3 aromatic rings. The van der Waals surface area contributed by atoms with Gasteiger partial charge in [0.15, 0.2) is 0 Å². The molecule has 0 saturated heterocycles. The molecule has 0 saturated carbocycles. The standard InChI is InChI=1S/C20H21N3O2S2/c1-2-25-14-9-7-13(8-10-14)23-17(24)11-26-19-18-15-5-3-4-6-16(15)27-20(18)22-12-21-19/h7-10,12H,2-6,11H2,1H3,(H,23,24). The third kappa shape index (κ3) is 4.09. The fourth-order valence-corrected chi connectivity index (χ4v) is 5.42. The molecule has 1 N–H and O–H groups in total. The first-order valence-corrected chi connectivity index (χ1v) is 11.0. The zero-order valence-corrected chi connectivity index (χ0v) is 16.8. The highest BCUT2D eigenvalue weighted by atomic mass is 32.2. The van der Waals surface area contributed by atoms with Crippen LogP contribution in [-0.2, 0) is 17.6 Å². The Kier molecular flexibility index (Phi) is 5.59. The predicted molar refractivity (Wildman–Crippen MR) is 111 cm³/mol. The maximum Gasteiger partial charge on any atom is 0.234 e. The van der Waals surface area contributed by atoms with Gasteiger partial charge in [-0.3, -0.25) is 4.79 Å². The van der Waals surface area contributed by atoms with Crippen molar-refractivity contribution in [3.63, 3.8) is 0 Å². The quantitative estimate of drug-likeness (QED) is 0.481. The molecule has 0 aliphatic heterocycles. The van der Waals surface area contributed by atoms with Crippen molar-refractivity contribution in [3.05, 3.63) is 41.0 Å². The van der Waals surface area contributed by atoms with Gasteiger partial charge in [-0.25, -0.2) is 9.97 Å². The number of thiophene rings is 1. The zero-order chi connectivity index (χ0) is 18.6. The summed E-state index contributed by atoms with van der Waals surface area (Å²) in [6.45, 7) is 2.57. The summed E-state index contributed by atoms with van der Waals surface area (Å²) < 4.78 is 5.42. The monoisotopic (exact) mass is 399 g/mol. The second kappa shape index (κ2) is 8.27. The van der Waals surface area contributed by atoms with E-state index in [1.165, 1.54) is 35.0 Å². The molecule has 0 bridgehead atoms. The van der Waals surface area contributed by atoms with Crippen LogP contribution in [0.4, 0.5) is 5.69 Å². The first-order valence-electron chi connectivity index (χ1n) is 9.15. The van der Waals surface area contributed by atoms with E-state index in [1.807, 2.05) is 31.2 Å². The number of aromatic nitrogens is 2. The van der Waals surface area contributed by atoms with Gasteiger partial charge in [0.1, 0.15) is 21.9 Å². The van der Waals surface area contributed by atoms with Gasteiger partial charge in [0, 0.05) is 16.0 Å². The number of benzene rings is 1. The molecule has 1 aliphatic rings. The summed E-state index contributed by atoms with van der Waals surface area (Å²) in [5, 5.41) is 5.01. The largest absolute Gasteiger partial charge is 0.494 e. The van der Waals surface area contributed by atoms with Crippen LogP contribution in [-0.4, -0.2) is 28.2 Å². The van der Waals surface area contributed by atoms with Gasteiger partial charge in [0.25, 0.3) is 0 Å². The van der Waals surface area contributed by atoms with Crippen molar-refractivity contribution in [2.24, 2.45) is 0 Å². The molecule has 140 valence electrons. The van der Waals surface area contributed by atoms with Crippen LogP contribution in [0.5, 0.6) is 5.75 Å². The van der Waals surface area contributed by atoms with Gasteiger partial charge in [-0.1, -0.05) is 11.8 Å². The number of aryl methyl sites for hydroxylation is 2. The summed E-state index contributed by atoms with van der Waals surface area (Å²) in [7, 11) is 0. The lowest BCUT2D eigenvalue weighted by atomic mass is 9.97. The molecule has 0 atom stereocenters. The second-order valence-corrected chi connectivity index (χ2v) is 8.41. The molecule has 1 aliphatic carbocycles. The van der Waals surface area contributed by atoms with Crippen LogP contribution in [0.3, 0.4) is 0 Å². The van der Waals surface area contributed by atoms with Crippen molar-refractivity contribution < 1.29 is 9.53 Å². The van der Waals surface area contributed by atoms with Crippen LogP contribution in [0.25, 0.3) is 10.2 Å². The van der Waals surface area contributed by atoms with E-state index in [1.54, 1.807) is 17.7 Å². The molecular formula is C20H21N3O2S2. The minimum atomic E-state index is -0.0416. The second-order valence-electron chi connectivity index (χ2n) is 6.36. The summed E-state index contributed by atoms with van der Waals surface area (Å²) in [5.41, 5.74) is 2.17. The predicted octanol–water partition coefficient (Wildman–Crippen LogP) is 4.70. The number of ether oxygens (including phenoxy) is 1. The van der Waals surface area contributed by atoms with E-state index in [4.69, 9.17) is 4.74 Å². The minimum Gasteiger partial charge on any atom is -0.494 e. The third-order valence-corrected chi connectivity index (χ3v) is 6.69. The molecule has 0 radical (unpaired) electrons. The molecule has 2 heterocycles. The van der Waals surface area contributed by atoms with E-state index in [0.717, 1.165) is 39.5 Å². The average Bonchev–Trinajstić information content (AvgIpc) is 3.07. The van der Waals surface area contributed by atoms with Crippen molar-refractivity contribution in [1.29, 1.82) is 0 Å². The van der Waals surface area contributed by atoms with Crippen molar-refractivity contribution in [2.45, 2.75) is 37.6 Å². The first kappa shape index (κ1) is 18.3. The van der Waals surface area contributed by atoms with Crippen LogP contribution >= 0.6 is 23.1 Å². The Hall–Kier alpha value is -2.12. The number of rotatable bonds is 6. The number of nitrogens with one attached hydrogen (secondary N) is 1. The number of carbonyl (C=O) groups excluding carboxylic acids is 1. The Morgan fingerprint density at radius 1 is 1.22 bits per heavy atom. The van der Waals surface area contributed by atoms with Crippen LogP contribution in [0.15, 0.2) is 35.6 Å². The molecule has 7 heteroatoms. The van der Waals surface area contributed by atoms with Gasteiger partial charge in [-0.2, -0.15) is 0 Å². The van der Waals surface area contributed by atoms with Crippen LogP contribution in [0.1, 0.15) is 30.2 Å². The SMILES string of the molecule is CCOc1ccc(NC(=O)CSc2ncnc3sc4c(c23)CCCC4)cc1.